The van der Waals surface area contributed by atoms with Gasteiger partial charge in [0.2, 0.25) is 5.91 Å². The lowest BCUT2D eigenvalue weighted by atomic mass is 10.1. The lowest BCUT2D eigenvalue weighted by Crippen LogP contribution is -2.49. The van der Waals surface area contributed by atoms with E-state index in [-0.39, 0.29) is 6.54 Å². The lowest BCUT2D eigenvalue weighted by Gasteiger charge is -2.20. The number of amides is 1. The van der Waals surface area contributed by atoms with Crippen LogP contribution in [0.4, 0.5) is 8.78 Å². The van der Waals surface area contributed by atoms with E-state index in [0.29, 0.717) is 0 Å². The van der Waals surface area contributed by atoms with Gasteiger partial charge in [-0.25, -0.2) is 8.78 Å². The van der Waals surface area contributed by atoms with Gasteiger partial charge in [0.05, 0.1) is 12.6 Å². The van der Waals surface area contributed by atoms with Gasteiger partial charge in [-0.3, -0.25) is 10.1 Å². The molecule has 0 spiro atoms. The molecule has 1 saturated heterocycles. The van der Waals surface area contributed by atoms with E-state index in [1.165, 1.54) is 0 Å². The summed E-state index contributed by atoms with van der Waals surface area (Å²) in [4.78, 5) is 11.4. The molecule has 0 radical (unpaired) electrons. The minimum Gasteiger partial charge on any atom is -0.353 e. The number of carbonyl (C=O) groups is 1. The van der Waals surface area contributed by atoms with E-state index >= 15 is 0 Å². The van der Waals surface area contributed by atoms with Crippen LogP contribution in [-0.4, -0.2) is 36.5 Å². The summed E-state index contributed by atoms with van der Waals surface area (Å²) >= 11 is 0. The Balaban J connectivity index is 2.37. The van der Waals surface area contributed by atoms with E-state index in [2.05, 4.69) is 10.6 Å². The number of hydrogen-bond donors (Lipinski definition) is 3. The highest BCUT2D eigenvalue weighted by molar-refractivity contribution is 5.82. The van der Waals surface area contributed by atoms with Gasteiger partial charge in [0.15, 0.2) is 0 Å². The number of carbonyl (C=O) groups excluding carboxylic acids is 1. The van der Waals surface area contributed by atoms with Crippen molar-refractivity contribution >= 4 is 5.91 Å². The average molecular weight is 221 g/mol. The number of hydrogen-bond acceptors (Lipinski definition) is 3. The van der Waals surface area contributed by atoms with E-state index in [1.54, 1.807) is 13.8 Å². The Hall–Kier alpha value is -0.750. The van der Waals surface area contributed by atoms with Crippen LogP contribution in [0, 0.1) is 0 Å². The standard InChI is InChI=1S/C9H17F2N3O/c1-8(2,12)4-14-7(15)6-3-9(10,11)5-13-6/h6,13H,3-5,12H2,1-2H3,(H,14,15). The first kappa shape index (κ1) is 12.3. The highest BCUT2D eigenvalue weighted by Crippen LogP contribution is 2.24. The predicted molar refractivity (Wildman–Crippen MR) is 52.6 cm³/mol. The van der Waals surface area contributed by atoms with Crippen molar-refractivity contribution in [1.29, 1.82) is 0 Å². The second-order valence-electron chi connectivity index (χ2n) is 4.70. The molecule has 88 valence electrons. The molecule has 1 heterocycles. The fourth-order valence-electron chi connectivity index (χ4n) is 1.34. The Labute approximate surface area is 87.6 Å². The van der Waals surface area contributed by atoms with Crippen LogP contribution < -0.4 is 16.4 Å². The molecule has 0 aromatic rings. The van der Waals surface area contributed by atoms with Gasteiger partial charge in [0.25, 0.3) is 5.92 Å². The molecule has 1 aliphatic rings. The summed E-state index contributed by atoms with van der Waals surface area (Å²) in [6.07, 6.45) is -0.441. The molecule has 4 N–H and O–H groups in total. The molecular weight excluding hydrogens is 204 g/mol. The van der Waals surface area contributed by atoms with Gasteiger partial charge in [0.1, 0.15) is 0 Å². The zero-order valence-corrected chi connectivity index (χ0v) is 8.94. The molecule has 6 heteroatoms. The molecule has 15 heavy (non-hydrogen) atoms. The molecule has 0 aromatic heterocycles. The molecule has 1 rings (SSSR count). The summed E-state index contributed by atoms with van der Waals surface area (Å²) < 4.78 is 25.5. The molecule has 1 amide bonds. The van der Waals surface area contributed by atoms with Gasteiger partial charge < -0.3 is 11.1 Å². The summed E-state index contributed by atoms with van der Waals surface area (Å²) in [7, 11) is 0. The van der Waals surface area contributed by atoms with Crippen molar-refractivity contribution in [1.82, 2.24) is 10.6 Å². The predicted octanol–water partition coefficient (Wildman–Crippen LogP) is -0.163. The Bertz CT molecular complexity index is 250. The Morgan fingerprint density at radius 1 is 1.67 bits per heavy atom. The van der Waals surface area contributed by atoms with Crippen molar-refractivity contribution in [3.8, 4) is 0 Å². The fourth-order valence-corrected chi connectivity index (χ4v) is 1.34. The Morgan fingerprint density at radius 3 is 2.67 bits per heavy atom. The van der Waals surface area contributed by atoms with Crippen LogP contribution in [0.3, 0.4) is 0 Å². The molecule has 0 aliphatic carbocycles. The number of alkyl halides is 2. The zero-order chi connectivity index (χ0) is 11.7. The Morgan fingerprint density at radius 2 is 2.27 bits per heavy atom. The van der Waals surface area contributed by atoms with E-state index in [0.717, 1.165) is 0 Å². The van der Waals surface area contributed by atoms with Crippen LogP contribution in [-0.2, 0) is 4.79 Å². The van der Waals surface area contributed by atoms with Crippen LogP contribution in [0.25, 0.3) is 0 Å². The summed E-state index contributed by atoms with van der Waals surface area (Å²) in [5.74, 6) is -3.19. The third-order valence-corrected chi connectivity index (χ3v) is 2.14. The van der Waals surface area contributed by atoms with E-state index in [1.807, 2.05) is 0 Å². The lowest BCUT2D eigenvalue weighted by molar-refractivity contribution is -0.123. The molecule has 1 atom stereocenters. The van der Waals surface area contributed by atoms with E-state index < -0.39 is 36.4 Å². The van der Waals surface area contributed by atoms with Crippen LogP contribution in [0.2, 0.25) is 0 Å². The maximum atomic E-state index is 12.8. The van der Waals surface area contributed by atoms with E-state index in [4.69, 9.17) is 5.73 Å². The smallest absolute Gasteiger partial charge is 0.262 e. The van der Waals surface area contributed by atoms with Crippen molar-refractivity contribution in [2.45, 2.75) is 37.8 Å². The van der Waals surface area contributed by atoms with Gasteiger partial charge in [-0.15, -0.1) is 0 Å². The Kier molecular flexibility index (Phi) is 3.30. The van der Waals surface area contributed by atoms with Crippen LogP contribution in [0.15, 0.2) is 0 Å². The molecule has 1 fully saturated rings. The summed E-state index contributed by atoms with van der Waals surface area (Å²) in [6, 6.07) is -0.803. The van der Waals surface area contributed by atoms with Gasteiger partial charge in [0, 0.05) is 18.5 Å². The highest BCUT2D eigenvalue weighted by atomic mass is 19.3. The zero-order valence-electron chi connectivity index (χ0n) is 8.94. The van der Waals surface area contributed by atoms with E-state index in [9.17, 15) is 13.6 Å². The quantitative estimate of drug-likeness (QED) is 0.620. The van der Waals surface area contributed by atoms with Crippen molar-refractivity contribution in [2.75, 3.05) is 13.1 Å². The molecule has 0 bridgehead atoms. The van der Waals surface area contributed by atoms with Crippen molar-refractivity contribution in [2.24, 2.45) is 5.73 Å². The molecule has 1 aliphatic heterocycles. The third-order valence-electron chi connectivity index (χ3n) is 2.14. The number of halogens is 2. The maximum absolute atomic E-state index is 12.8. The third kappa shape index (κ3) is 4.09. The second kappa shape index (κ2) is 4.02. The molecule has 0 aromatic carbocycles. The number of nitrogens with one attached hydrogen (secondary N) is 2. The second-order valence-corrected chi connectivity index (χ2v) is 4.70. The maximum Gasteiger partial charge on any atom is 0.262 e. The normalized spacial score (nSPS) is 25.3. The minimum absolute atomic E-state index is 0.273. The first-order valence-corrected chi connectivity index (χ1v) is 4.87. The summed E-state index contributed by atoms with van der Waals surface area (Å²) in [6.45, 7) is 3.35. The van der Waals surface area contributed by atoms with Crippen molar-refractivity contribution in [3.05, 3.63) is 0 Å². The highest BCUT2D eigenvalue weighted by Gasteiger charge is 2.42. The first-order chi connectivity index (χ1) is 6.70. The summed E-state index contributed by atoms with van der Waals surface area (Å²) in [5, 5.41) is 5.02. The first-order valence-electron chi connectivity index (χ1n) is 4.87. The molecule has 4 nitrogen and oxygen atoms in total. The topological polar surface area (TPSA) is 67.1 Å². The van der Waals surface area contributed by atoms with Crippen molar-refractivity contribution in [3.63, 3.8) is 0 Å². The average Bonchev–Trinajstić information content (AvgIpc) is 2.40. The minimum atomic E-state index is -2.78. The molecular formula is C9H17F2N3O. The fraction of sp³-hybridized carbons (Fsp3) is 0.889. The van der Waals surface area contributed by atoms with Gasteiger partial charge in [-0.2, -0.15) is 0 Å². The molecule has 1 unspecified atom stereocenters. The van der Waals surface area contributed by atoms with Gasteiger partial charge in [-0.05, 0) is 13.8 Å². The van der Waals surface area contributed by atoms with Crippen LogP contribution in [0.1, 0.15) is 20.3 Å². The summed E-state index contributed by atoms with van der Waals surface area (Å²) in [5.41, 5.74) is 5.12. The molecule has 0 saturated carbocycles. The van der Waals surface area contributed by atoms with Crippen molar-refractivity contribution < 1.29 is 13.6 Å². The van der Waals surface area contributed by atoms with Crippen LogP contribution in [0.5, 0.6) is 0 Å². The van der Waals surface area contributed by atoms with Crippen LogP contribution >= 0.6 is 0 Å². The number of nitrogens with two attached hydrogens (primary N) is 1. The monoisotopic (exact) mass is 221 g/mol. The SMILES string of the molecule is CC(C)(N)CNC(=O)C1CC(F)(F)CN1. The number of rotatable bonds is 3. The largest absolute Gasteiger partial charge is 0.353 e. The van der Waals surface area contributed by atoms with Gasteiger partial charge >= 0.3 is 0 Å². The van der Waals surface area contributed by atoms with Gasteiger partial charge in [-0.1, -0.05) is 0 Å².